The summed E-state index contributed by atoms with van der Waals surface area (Å²) in [4.78, 5) is 129. The molecule has 0 spiro atoms. The molecule has 0 saturated carbocycles. The van der Waals surface area contributed by atoms with E-state index in [4.69, 9.17) is 5.73 Å². The Hall–Kier alpha value is -7.03. The number of rotatable bonds is 20. The van der Waals surface area contributed by atoms with Crippen molar-refractivity contribution < 1.29 is 63.6 Å². The molecule has 0 aliphatic carbocycles. The summed E-state index contributed by atoms with van der Waals surface area (Å²) in [5, 5.41) is 61.9. The monoisotopic (exact) mass is 1100 g/mol. The molecule has 4 unspecified atom stereocenters. The molecule has 0 radical (unpaired) electrons. The number of carboxylic acid groups (broad SMARTS) is 1. The van der Waals surface area contributed by atoms with E-state index in [0.29, 0.717) is 29.5 Å². The lowest BCUT2D eigenvalue weighted by Gasteiger charge is -2.29. The molecule has 5 rings (SSSR count). The molecule has 25 heteroatoms. The number of hydrogen-bond acceptors (Lipinski definition) is 15. The van der Waals surface area contributed by atoms with Crippen LogP contribution >= 0.6 is 21.6 Å². The van der Waals surface area contributed by atoms with Crippen LogP contribution in [-0.2, 0) is 62.4 Å². The van der Waals surface area contributed by atoms with Gasteiger partial charge in [0.1, 0.15) is 42.3 Å². The summed E-state index contributed by atoms with van der Waals surface area (Å²) in [5.74, 6) is -9.45. The zero-order valence-electron chi connectivity index (χ0n) is 42.6. The summed E-state index contributed by atoms with van der Waals surface area (Å²) in [5.41, 5.74) is 8.35. The topological polar surface area (TPSA) is 373 Å². The third-order valence-corrected chi connectivity index (χ3v) is 14.9. The number of aliphatic hydroxyl groups excluding tert-OH is 3. The van der Waals surface area contributed by atoms with Gasteiger partial charge in [-0.2, -0.15) is 0 Å². The van der Waals surface area contributed by atoms with Crippen molar-refractivity contribution in [3.63, 3.8) is 0 Å². The van der Waals surface area contributed by atoms with E-state index in [9.17, 15) is 63.6 Å². The number of nitrogens with one attached hydrogen (secondary N) is 9. The molecule has 1 aromatic heterocycles. The number of aliphatic hydroxyl groups is 3. The molecule has 1 aliphatic heterocycles. The number of unbranched alkanes of at least 4 members (excludes halogenated alkanes) is 1. The molecule has 77 heavy (non-hydrogen) atoms. The van der Waals surface area contributed by atoms with E-state index >= 15 is 0 Å². The number of carbonyl (C=O) groups is 9. The SMILES string of the molecule is C[C@@H](O)C(NC(=O)[C@@H]1CSSCC(NC(=O)[C@@H](Cc2ccccc2)NC(=O)CCO)C(=O)NC(Cc2ccccc2)C(=O)NC(Cc2c[nH]c3ccccc23)C(=O)N[C@@H](CCCCN)C(=O)N[C@@H]([C@@H](C)O)C(=O)N1)C(=O)O. The van der Waals surface area contributed by atoms with Crippen LogP contribution in [0.15, 0.2) is 91.1 Å². The van der Waals surface area contributed by atoms with Gasteiger partial charge in [0.15, 0.2) is 6.04 Å². The molecule has 2 heterocycles. The Bertz CT molecular complexity index is 2650. The van der Waals surface area contributed by atoms with E-state index in [1.165, 1.54) is 6.92 Å². The number of aromatic amines is 1. The Labute approximate surface area is 452 Å². The standard InChI is InChI=1S/C52H68N10O13S2/c1-29(64)43-51(73)60-41(50(72)62-44(30(2)65)52(74)75)28-77-76-27-40(59-46(68)37(55-42(66)20-22-63)23-31-13-5-3-6-14-31)49(71)57-38(24-32-15-7-4-8-16-32)47(69)58-39(25-33-26-54-35-18-10-9-17-34(33)35)48(70)56-36(45(67)61-43)19-11-12-21-53/h3-10,13-18,26,29-30,36-41,43-44,54,63-65H,11-12,19-25,27-28,53H2,1-2H3,(H,55,66)(H,56,70)(H,57,71)(H,58,69)(H,59,68)(H,60,73)(H,61,67)(H,62,72)(H,74,75)/t29-,30-,36+,37-,38?,39?,40?,41+,43+,44?/m1/s1. The molecular weight excluding hydrogens is 1040 g/mol. The van der Waals surface area contributed by atoms with Gasteiger partial charge in [-0.15, -0.1) is 0 Å². The van der Waals surface area contributed by atoms with Crippen LogP contribution in [0.2, 0.25) is 0 Å². The van der Waals surface area contributed by atoms with Crippen molar-refractivity contribution in [1.29, 1.82) is 0 Å². The summed E-state index contributed by atoms with van der Waals surface area (Å²) in [6.45, 7) is 2.03. The summed E-state index contributed by atoms with van der Waals surface area (Å²) in [7, 11) is 1.80. The van der Waals surface area contributed by atoms with Crippen LogP contribution in [0.25, 0.3) is 10.9 Å². The number of nitrogens with two attached hydrogens (primary N) is 1. The third kappa shape index (κ3) is 18.9. The van der Waals surface area contributed by atoms with E-state index in [2.05, 4.69) is 47.5 Å². The smallest absolute Gasteiger partial charge is 0.328 e. The van der Waals surface area contributed by atoms with E-state index in [-0.39, 0.29) is 50.2 Å². The molecule has 3 aromatic carbocycles. The third-order valence-electron chi connectivity index (χ3n) is 12.4. The summed E-state index contributed by atoms with van der Waals surface area (Å²) in [6.07, 6.45) is -1.50. The molecule has 1 fully saturated rings. The zero-order chi connectivity index (χ0) is 56.0. The summed E-state index contributed by atoms with van der Waals surface area (Å²) >= 11 is 0. The van der Waals surface area contributed by atoms with Crippen molar-refractivity contribution in [1.82, 2.24) is 47.5 Å². The van der Waals surface area contributed by atoms with Gasteiger partial charge in [-0.05, 0) is 62.4 Å². The highest BCUT2D eigenvalue weighted by Crippen LogP contribution is 2.24. The van der Waals surface area contributed by atoms with Crippen LogP contribution in [0.4, 0.5) is 0 Å². The number of carboxylic acids is 1. The lowest BCUT2D eigenvalue weighted by atomic mass is 10.0. The molecule has 0 bridgehead atoms. The van der Waals surface area contributed by atoms with Crippen molar-refractivity contribution >= 4 is 85.7 Å². The van der Waals surface area contributed by atoms with E-state index < -0.39 is 120 Å². The number of carbonyl (C=O) groups excluding carboxylic acids is 8. The van der Waals surface area contributed by atoms with Gasteiger partial charge < -0.3 is 73.7 Å². The van der Waals surface area contributed by atoms with Gasteiger partial charge in [0, 0.05) is 54.3 Å². The number of para-hydroxylation sites is 1. The van der Waals surface area contributed by atoms with Crippen LogP contribution in [0.1, 0.15) is 56.2 Å². The minimum Gasteiger partial charge on any atom is -0.480 e. The maximum atomic E-state index is 14.8. The minimum absolute atomic E-state index is 0.0252. The van der Waals surface area contributed by atoms with Crippen LogP contribution in [-0.4, -0.2) is 164 Å². The van der Waals surface area contributed by atoms with Crippen molar-refractivity contribution in [3.8, 4) is 0 Å². The highest BCUT2D eigenvalue weighted by molar-refractivity contribution is 8.76. The number of benzene rings is 3. The second-order valence-corrected chi connectivity index (χ2v) is 21.0. The lowest BCUT2D eigenvalue weighted by molar-refractivity contribution is -0.145. The molecule has 8 amide bonds. The molecule has 1 saturated heterocycles. The number of H-pyrrole nitrogens is 1. The van der Waals surface area contributed by atoms with Crippen LogP contribution in [0, 0.1) is 0 Å². The van der Waals surface area contributed by atoms with Crippen molar-refractivity contribution in [2.45, 2.75) is 119 Å². The quantitative estimate of drug-likeness (QED) is 0.0366. The van der Waals surface area contributed by atoms with E-state index in [1.54, 1.807) is 72.9 Å². The van der Waals surface area contributed by atoms with E-state index in [0.717, 1.165) is 39.4 Å². The van der Waals surface area contributed by atoms with Gasteiger partial charge in [-0.1, -0.05) is 100 Å². The minimum atomic E-state index is -1.84. The Morgan fingerprint density at radius 2 is 1.30 bits per heavy atom. The van der Waals surface area contributed by atoms with Gasteiger partial charge >= 0.3 is 5.97 Å². The van der Waals surface area contributed by atoms with Crippen LogP contribution in [0.3, 0.4) is 0 Å². The van der Waals surface area contributed by atoms with Gasteiger partial charge in [-0.3, -0.25) is 38.4 Å². The van der Waals surface area contributed by atoms with Crippen molar-refractivity contribution in [3.05, 3.63) is 108 Å². The fourth-order valence-electron chi connectivity index (χ4n) is 8.23. The van der Waals surface area contributed by atoms with E-state index in [1.807, 2.05) is 18.2 Å². The molecule has 23 nitrogen and oxygen atoms in total. The van der Waals surface area contributed by atoms with Gasteiger partial charge in [0.25, 0.3) is 0 Å². The maximum Gasteiger partial charge on any atom is 0.328 e. The first-order valence-corrected chi connectivity index (χ1v) is 27.6. The fraction of sp³-hybridized carbons (Fsp3) is 0.442. The van der Waals surface area contributed by atoms with Gasteiger partial charge in [-0.25, -0.2) is 4.79 Å². The largest absolute Gasteiger partial charge is 0.480 e. The van der Waals surface area contributed by atoms with Crippen molar-refractivity contribution in [2.75, 3.05) is 24.7 Å². The number of amides is 8. The lowest BCUT2D eigenvalue weighted by Crippen LogP contribution is -2.62. The Morgan fingerprint density at radius 3 is 1.94 bits per heavy atom. The molecule has 4 aromatic rings. The first kappa shape index (κ1) is 60.8. The van der Waals surface area contributed by atoms with Crippen molar-refractivity contribution in [2.24, 2.45) is 5.73 Å². The molecular formula is C52H68N10O13S2. The fourth-order valence-corrected chi connectivity index (χ4v) is 10.6. The predicted molar refractivity (Wildman–Crippen MR) is 288 cm³/mol. The average Bonchev–Trinajstić information content (AvgIpc) is 3.81. The second-order valence-electron chi connectivity index (χ2n) is 18.5. The number of fused-ring (bicyclic) bond motifs is 1. The Morgan fingerprint density at radius 1 is 0.701 bits per heavy atom. The second kappa shape index (κ2) is 30.6. The number of aliphatic carboxylic acids is 1. The molecule has 10 atom stereocenters. The Kier molecular flexibility index (Phi) is 24.2. The summed E-state index contributed by atoms with van der Waals surface area (Å²) < 4.78 is 0. The highest BCUT2D eigenvalue weighted by atomic mass is 33.1. The summed E-state index contributed by atoms with van der Waals surface area (Å²) in [6, 6.07) is 12.3. The Balaban J connectivity index is 1.61. The van der Waals surface area contributed by atoms with Crippen LogP contribution < -0.4 is 48.3 Å². The molecule has 416 valence electrons. The molecule has 1 aliphatic rings. The first-order valence-electron chi connectivity index (χ1n) is 25.1. The van der Waals surface area contributed by atoms with Gasteiger partial charge in [0.05, 0.1) is 18.8 Å². The zero-order valence-corrected chi connectivity index (χ0v) is 44.2. The normalized spacial score (nSPS) is 21.8. The van der Waals surface area contributed by atoms with Crippen LogP contribution in [0.5, 0.6) is 0 Å². The predicted octanol–water partition coefficient (Wildman–Crippen LogP) is -1.17. The first-order chi connectivity index (χ1) is 36.9. The van der Waals surface area contributed by atoms with Gasteiger partial charge in [0.2, 0.25) is 47.3 Å². The molecule has 15 N–H and O–H groups in total. The average molecular weight is 1110 g/mol. The number of aromatic nitrogens is 1. The maximum absolute atomic E-state index is 14.8. The highest BCUT2D eigenvalue weighted by Gasteiger charge is 2.37. The number of hydrogen-bond donors (Lipinski definition) is 14.